The van der Waals surface area contributed by atoms with Crippen LogP contribution in [0.25, 0.3) is 0 Å². The molecule has 0 spiro atoms. The lowest BCUT2D eigenvalue weighted by atomic mass is 10.1. The maximum Gasteiger partial charge on any atom is 0.129 e. The van der Waals surface area contributed by atoms with Crippen LogP contribution in [-0.4, -0.2) is 4.98 Å². The lowest BCUT2D eigenvalue weighted by molar-refractivity contribution is 0.715. The zero-order valence-electron chi connectivity index (χ0n) is 7.46. The first-order valence-electron chi connectivity index (χ1n) is 4.66. The number of rotatable bonds is 3. The van der Waals surface area contributed by atoms with Crippen LogP contribution in [-0.2, 0) is 6.42 Å². The van der Waals surface area contributed by atoms with Crippen molar-refractivity contribution in [3.05, 3.63) is 23.0 Å². The Morgan fingerprint density at radius 3 is 2.92 bits per heavy atom. The summed E-state index contributed by atoms with van der Waals surface area (Å²) in [6.45, 7) is 0. The Labute approximate surface area is 83.1 Å². The summed E-state index contributed by atoms with van der Waals surface area (Å²) in [6, 6.07) is 3.56. The van der Waals surface area contributed by atoms with E-state index in [1.165, 1.54) is 19.3 Å². The molecule has 0 bridgehead atoms. The highest BCUT2D eigenvalue weighted by molar-refractivity contribution is 6.29. The van der Waals surface area contributed by atoms with E-state index in [2.05, 4.69) is 4.98 Å². The average molecular weight is 197 g/mol. The van der Waals surface area contributed by atoms with Gasteiger partial charge in [-0.25, -0.2) is 4.98 Å². The molecule has 0 unspecified atom stereocenters. The Hall–Kier alpha value is -0.760. The van der Waals surface area contributed by atoms with E-state index in [9.17, 15) is 0 Å². The summed E-state index contributed by atoms with van der Waals surface area (Å²) in [4.78, 5) is 4.21. The number of halogens is 1. The molecule has 0 aromatic carbocycles. The number of anilines is 1. The quantitative estimate of drug-likeness (QED) is 0.755. The molecule has 0 saturated heterocycles. The predicted octanol–water partition coefficient (Wildman–Crippen LogP) is 2.66. The van der Waals surface area contributed by atoms with Crippen LogP contribution in [0.1, 0.15) is 25.0 Å². The van der Waals surface area contributed by atoms with Gasteiger partial charge in [0, 0.05) is 0 Å². The van der Waals surface area contributed by atoms with E-state index in [1.807, 2.05) is 6.07 Å². The fourth-order valence-electron chi connectivity index (χ4n) is 1.43. The Bertz CT molecular complexity index is 308. The number of nitrogens with two attached hydrogens (primary N) is 1. The molecule has 0 amide bonds. The highest BCUT2D eigenvalue weighted by Gasteiger charge is 2.21. The van der Waals surface area contributed by atoms with E-state index < -0.39 is 0 Å². The van der Waals surface area contributed by atoms with Gasteiger partial charge in [-0.05, 0) is 30.9 Å². The molecule has 2 N–H and O–H groups in total. The minimum absolute atomic E-state index is 0.542. The minimum atomic E-state index is 0.542. The van der Waals surface area contributed by atoms with Gasteiger partial charge in [0.25, 0.3) is 0 Å². The van der Waals surface area contributed by atoms with Crippen molar-refractivity contribution in [3.8, 4) is 0 Å². The summed E-state index contributed by atoms with van der Waals surface area (Å²) in [6.07, 6.45) is 4.93. The third kappa shape index (κ3) is 2.34. The Morgan fingerprint density at radius 1 is 1.46 bits per heavy atom. The van der Waals surface area contributed by atoms with Crippen LogP contribution in [0.3, 0.4) is 0 Å². The molecule has 1 fully saturated rings. The Balaban J connectivity index is 2.03. The average Bonchev–Trinajstić information content (AvgIpc) is 2.90. The summed E-state index contributed by atoms with van der Waals surface area (Å²) in [5.41, 5.74) is 7.50. The van der Waals surface area contributed by atoms with Gasteiger partial charge in [-0.2, -0.15) is 0 Å². The van der Waals surface area contributed by atoms with Gasteiger partial charge in [-0.15, -0.1) is 0 Å². The molecule has 1 aliphatic rings. The largest absolute Gasteiger partial charge is 0.397 e. The standard InChI is InChI=1S/C10H13ClN2/c11-10-6-4-8(12)9(13-10)5-3-7-1-2-7/h4,6-7H,1-3,5,12H2. The number of nitrogen functional groups attached to an aromatic ring is 1. The fourth-order valence-corrected chi connectivity index (χ4v) is 1.60. The van der Waals surface area contributed by atoms with Crippen LogP contribution in [0.15, 0.2) is 12.1 Å². The van der Waals surface area contributed by atoms with Crippen LogP contribution in [0, 0.1) is 5.92 Å². The van der Waals surface area contributed by atoms with Crippen molar-refractivity contribution in [1.82, 2.24) is 4.98 Å². The Morgan fingerprint density at radius 2 is 2.23 bits per heavy atom. The second kappa shape index (κ2) is 3.54. The normalized spacial score (nSPS) is 16.1. The molecule has 0 aliphatic heterocycles. The second-order valence-corrected chi connectivity index (χ2v) is 4.04. The van der Waals surface area contributed by atoms with Gasteiger partial charge < -0.3 is 5.73 Å². The van der Waals surface area contributed by atoms with E-state index in [0.29, 0.717) is 5.15 Å². The molecule has 1 aromatic rings. The lowest BCUT2D eigenvalue weighted by Crippen LogP contribution is -1.98. The van der Waals surface area contributed by atoms with Crippen LogP contribution in [0.4, 0.5) is 5.69 Å². The Kier molecular flexibility index (Phi) is 2.40. The van der Waals surface area contributed by atoms with E-state index in [1.54, 1.807) is 6.07 Å². The monoisotopic (exact) mass is 196 g/mol. The topological polar surface area (TPSA) is 38.9 Å². The fraction of sp³-hybridized carbons (Fsp3) is 0.500. The molecule has 1 heterocycles. The first kappa shape index (κ1) is 8.82. The van der Waals surface area contributed by atoms with Gasteiger partial charge in [0.2, 0.25) is 0 Å². The summed E-state index contributed by atoms with van der Waals surface area (Å²) in [5, 5.41) is 0.542. The molecule has 70 valence electrons. The maximum absolute atomic E-state index is 5.78. The number of aryl methyl sites for hydroxylation is 1. The molecule has 3 heteroatoms. The van der Waals surface area contributed by atoms with Gasteiger partial charge in [0.15, 0.2) is 0 Å². The van der Waals surface area contributed by atoms with Gasteiger partial charge in [-0.3, -0.25) is 0 Å². The smallest absolute Gasteiger partial charge is 0.129 e. The van der Waals surface area contributed by atoms with Gasteiger partial charge >= 0.3 is 0 Å². The third-order valence-electron chi connectivity index (χ3n) is 2.46. The molecule has 13 heavy (non-hydrogen) atoms. The molecule has 1 aliphatic carbocycles. The van der Waals surface area contributed by atoms with Gasteiger partial charge in [0.1, 0.15) is 5.15 Å². The predicted molar refractivity (Wildman–Crippen MR) is 54.7 cm³/mol. The molecule has 1 saturated carbocycles. The van der Waals surface area contributed by atoms with E-state index in [-0.39, 0.29) is 0 Å². The molecular formula is C10H13ClN2. The van der Waals surface area contributed by atoms with Crippen LogP contribution in [0.5, 0.6) is 0 Å². The van der Waals surface area contributed by atoms with Gasteiger partial charge in [-0.1, -0.05) is 24.4 Å². The summed E-state index contributed by atoms with van der Waals surface area (Å²) < 4.78 is 0. The number of nitrogens with zero attached hydrogens (tertiary/aromatic N) is 1. The van der Waals surface area contributed by atoms with Crippen LogP contribution < -0.4 is 5.73 Å². The maximum atomic E-state index is 5.78. The molecule has 2 nitrogen and oxygen atoms in total. The molecule has 0 radical (unpaired) electrons. The highest BCUT2D eigenvalue weighted by atomic mass is 35.5. The van der Waals surface area contributed by atoms with E-state index in [4.69, 9.17) is 17.3 Å². The third-order valence-corrected chi connectivity index (χ3v) is 2.67. The van der Waals surface area contributed by atoms with Crippen LogP contribution in [0.2, 0.25) is 5.15 Å². The summed E-state index contributed by atoms with van der Waals surface area (Å²) in [5.74, 6) is 0.917. The molecule has 1 aromatic heterocycles. The SMILES string of the molecule is Nc1ccc(Cl)nc1CCC1CC1. The number of hydrogen-bond acceptors (Lipinski definition) is 2. The number of pyridine rings is 1. The lowest BCUT2D eigenvalue weighted by Gasteiger charge is -2.03. The van der Waals surface area contributed by atoms with Crippen molar-refractivity contribution in [2.75, 3.05) is 5.73 Å². The van der Waals surface area contributed by atoms with Crippen molar-refractivity contribution >= 4 is 17.3 Å². The zero-order chi connectivity index (χ0) is 9.26. The number of aromatic nitrogens is 1. The van der Waals surface area contributed by atoms with Crippen molar-refractivity contribution in [2.45, 2.75) is 25.7 Å². The van der Waals surface area contributed by atoms with E-state index in [0.717, 1.165) is 23.7 Å². The molecule has 0 atom stereocenters. The zero-order valence-corrected chi connectivity index (χ0v) is 8.22. The molecular weight excluding hydrogens is 184 g/mol. The van der Waals surface area contributed by atoms with Crippen LogP contribution >= 0.6 is 11.6 Å². The second-order valence-electron chi connectivity index (χ2n) is 3.65. The summed E-state index contributed by atoms with van der Waals surface area (Å²) >= 11 is 5.78. The van der Waals surface area contributed by atoms with Crippen molar-refractivity contribution in [1.29, 1.82) is 0 Å². The number of hydrogen-bond donors (Lipinski definition) is 1. The first-order valence-corrected chi connectivity index (χ1v) is 5.04. The van der Waals surface area contributed by atoms with Crippen molar-refractivity contribution < 1.29 is 0 Å². The van der Waals surface area contributed by atoms with Crippen molar-refractivity contribution in [3.63, 3.8) is 0 Å². The first-order chi connectivity index (χ1) is 6.25. The summed E-state index contributed by atoms with van der Waals surface area (Å²) in [7, 11) is 0. The van der Waals surface area contributed by atoms with Gasteiger partial charge in [0.05, 0.1) is 11.4 Å². The minimum Gasteiger partial charge on any atom is -0.397 e. The highest BCUT2D eigenvalue weighted by Crippen LogP contribution is 2.33. The van der Waals surface area contributed by atoms with Crippen molar-refractivity contribution in [2.24, 2.45) is 5.92 Å². The van der Waals surface area contributed by atoms with E-state index >= 15 is 0 Å². The molecule has 2 rings (SSSR count).